The van der Waals surface area contributed by atoms with E-state index in [1.807, 2.05) is 12.1 Å². The van der Waals surface area contributed by atoms with E-state index < -0.39 is 0 Å². The van der Waals surface area contributed by atoms with E-state index in [2.05, 4.69) is 32.1 Å². The summed E-state index contributed by atoms with van der Waals surface area (Å²) in [6.45, 7) is 4.46. The molecule has 0 spiro atoms. The lowest BCUT2D eigenvalue weighted by molar-refractivity contribution is -0.0530. The molecule has 0 heterocycles. The molecule has 4 rings (SSSR count). The zero-order valence-electron chi connectivity index (χ0n) is 14.3. The standard InChI is InChI=1S/C21H28O2/c1-3-10-21-12-8-14-13-15(22)4-5-16(14)17(21)9-11-20(2)18(21)6-7-19(20)23/h3-5,10,13,17-19,22-23H,6-9,11-12H2,1-2H3/b10-3-/t17-,18-,19+,20+,21-/m1/s1. The average Bonchev–Trinajstić information content (AvgIpc) is 2.84. The highest BCUT2D eigenvalue weighted by Gasteiger charge is 2.60. The lowest BCUT2D eigenvalue weighted by atomic mass is 9.47. The van der Waals surface area contributed by atoms with E-state index in [1.54, 1.807) is 0 Å². The smallest absolute Gasteiger partial charge is 0.115 e. The first kappa shape index (κ1) is 15.3. The first-order valence-electron chi connectivity index (χ1n) is 9.15. The minimum Gasteiger partial charge on any atom is -0.508 e. The van der Waals surface area contributed by atoms with Gasteiger partial charge in [0, 0.05) is 0 Å². The van der Waals surface area contributed by atoms with Crippen molar-refractivity contribution in [3.8, 4) is 5.75 Å². The fourth-order valence-corrected chi connectivity index (χ4v) is 6.33. The number of benzene rings is 1. The average molecular weight is 312 g/mol. The normalized spacial score (nSPS) is 42.3. The number of allylic oxidation sites excluding steroid dienone is 2. The third-order valence-electron chi connectivity index (χ3n) is 7.36. The summed E-state index contributed by atoms with van der Waals surface area (Å²) in [4.78, 5) is 0. The van der Waals surface area contributed by atoms with Gasteiger partial charge in [0.25, 0.3) is 0 Å². The van der Waals surface area contributed by atoms with Crippen molar-refractivity contribution in [2.45, 2.75) is 64.4 Å². The molecule has 23 heavy (non-hydrogen) atoms. The molecule has 1 aromatic carbocycles. The van der Waals surface area contributed by atoms with Crippen molar-refractivity contribution in [3.05, 3.63) is 41.5 Å². The van der Waals surface area contributed by atoms with E-state index >= 15 is 0 Å². The van der Waals surface area contributed by atoms with Crippen LogP contribution in [-0.2, 0) is 6.42 Å². The van der Waals surface area contributed by atoms with Crippen LogP contribution in [0.15, 0.2) is 30.4 Å². The summed E-state index contributed by atoms with van der Waals surface area (Å²) < 4.78 is 0. The Labute approximate surface area is 139 Å². The Bertz CT molecular complexity index is 649. The van der Waals surface area contributed by atoms with Gasteiger partial charge < -0.3 is 10.2 Å². The molecule has 0 aliphatic heterocycles. The van der Waals surface area contributed by atoms with Crippen molar-refractivity contribution >= 4 is 0 Å². The lowest BCUT2D eigenvalue weighted by Crippen LogP contribution is -2.50. The number of aliphatic hydroxyl groups is 1. The second kappa shape index (κ2) is 5.11. The molecule has 2 N–H and O–H groups in total. The molecule has 2 saturated carbocycles. The summed E-state index contributed by atoms with van der Waals surface area (Å²) >= 11 is 0. The van der Waals surface area contributed by atoms with Gasteiger partial charge in [-0.3, -0.25) is 0 Å². The molecule has 0 aromatic heterocycles. The maximum Gasteiger partial charge on any atom is 0.115 e. The molecule has 2 fully saturated rings. The van der Waals surface area contributed by atoms with E-state index in [0.717, 1.165) is 38.5 Å². The maximum absolute atomic E-state index is 10.6. The fourth-order valence-electron chi connectivity index (χ4n) is 6.33. The van der Waals surface area contributed by atoms with Crippen LogP contribution in [0.3, 0.4) is 0 Å². The third kappa shape index (κ3) is 1.97. The van der Waals surface area contributed by atoms with E-state index in [4.69, 9.17) is 0 Å². The number of fused-ring (bicyclic) bond motifs is 5. The first-order chi connectivity index (χ1) is 11.0. The molecular weight excluding hydrogens is 284 g/mol. The summed E-state index contributed by atoms with van der Waals surface area (Å²) in [6.07, 6.45) is 11.1. The Morgan fingerprint density at radius 2 is 2.00 bits per heavy atom. The van der Waals surface area contributed by atoms with Crippen LogP contribution in [0.5, 0.6) is 5.75 Å². The minimum absolute atomic E-state index is 0.0738. The van der Waals surface area contributed by atoms with Crippen molar-refractivity contribution < 1.29 is 10.2 Å². The number of aromatic hydroxyl groups is 1. The van der Waals surface area contributed by atoms with Gasteiger partial charge in [-0.05, 0) is 91.4 Å². The number of phenolic OH excluding ortho intramolecular Hbond substituents is 1. The van der Waals surface area contributed by atoms with Gasteiger partial charge in [-0.1, -0.05) is 25.1 Å². The Morgan fingerprint density at radius 1 is 1.17 bits per heavy atom. The summed E-state index contributed by atoms with van der Waals surface area (Å²) in [5.74, 6) is 1.49. The van der Waals surface area contributed by atoms with Crippen LogP contribution >= 0.6 is 0 Å². The summed E-state index contributed by atoms with van der Waals surface area (Å²) in [6, 6.07) is 5.97. The van der Waals surface area contributed by atoms with Gasteiger partial charge in [0.05, 0.1) is 6.10 Å². The topological polar surface area (TPSA) is 40.5 Å². The Balaban J connectivity index is 1.84. The van der Waals surface area contributed by atoms with E-state index in [9.17, 15) is 10.2 Å². The monoisotopic (exact) mass is 312 g/mol. The number of rotatable bonds is 1. The third-order valence-corrected chi connectivity index (χ3v) is 7.36. The van der Waals surface area contributed by atoms with Gasteiger partial charge in [-0.25, -0.2) is 0 Å². The number of aliphatic hydroxyl groups excluding tert-OH is 1. The van der Waals surface area contributed by atoms with E-state index in [-0.39, 0.29) is 16.9 Å². The van der Waals surface area contributed by atoms with Gasteiger partial charge >= 0.3 is 0 Å². The molecule has 2 heteroatoms. The number of hydrogen-bond acceptors (Lipinski definition) is 2. The van der Waals surface area contributed by atoms with Crippen LogP contribution in [0.4, 0.5) is 0 Å². The van der Waals surface area contributed by atoms with Crippen LogP contribution in [0.25, 0.3) is 0 Å². The SMILES string of the molecule is C/C=C\[C@@]12CCc3cc(O)ccc3[C@H]1CC[C@@]1(C)[C@H]2CC[C@@H]1O. The molecule has 124 valence electrons. The summed E-state index contributed by atoms with van der Waals surface area (Å²) in [7, 11) is 0. The second-order valence-electron chi connectivity index (χ2n) is 8.24. The predicted molar refractivity (Wildman–Crippen MR) is 92.5 cm³/mol. The molecule has 5 atom stereocenters. The maximum atomic E-state index is 10.6. The van der Waals surface area contributed by atoms with Crippen molar-refractivity contribution in [1.82, 2.24) is 0 Å². The lowest BCUT2D eigenvalue weighted by Gasteiger charge is -2.57. The van der Waals surface area contributed by atoms with Crippen molar-refractivity contribution in [1.29, 1.82) is 0 Å². The predicted octanol–water partition coefficient (Wildman–Crippen LogP) is 4.56. The first-order valence-corrected chi connectivity index (χ1v) is 9.15. The van der Waals surface area contributed by atoms with Crippen LogP contribution in [0.1, 0.15) is 63.0 Å². The molecule has 0 saturated heterocycles. The summed E-state index contributed by atoms with van der Waals surface area (Å²) in [5.41, 5.74) is 3.03. The molecule has 0 radical (unpaired) electrons. The number of phenols is 1. The van der Waals surface area contributed by atoms with Gasteiger partial charge in [0.15, 0.2) is 0 Å². The highest BCUT2D eigenvalue weighted by Crippen LogP contribution is 2.67. The molecule has 3 aliphatic carbocycles. The zero-order chi connectivity index (χ0) is 16.2. The molecular formula is C21H28O2. The Hall–Kier alpha value is -1.28. The van der Waals surface area contributed by atoms with Gasteiger partial charge in [-0.15, -0.1) is 0 Å². The quantitative estimate of drug-likeness (QED) is 0.747. The zero-order valence-corrected chi connectivity index (χ0v) is 14.3. The van der Waals surface area contributed by atoms with Gasteiger partial charge in [0.2, 0.25) is 0 Å². The molecule has 3 aliphatic rings. The molecule has 0 unspecified atom stereocenters. The van der Waals surface area contributed by atoms with Crippen LogP contribution in [-0.4, -0.2) is 16.3 Å². The molecule has 0 bridgehead atoms. The Kier molecular flexibility index (Phi) is 3.39. The second-order valence-corrected chi connectivity index (χ2v) is 8.24. The minimum atomic E-state index is -0.142. The van der Waals surface area contributed by atoms with Gasteiger partial charge in [0.1, 0.15) is 5.75 Å². The highest BCUT2D eigenvalue weighted by molar-refractivity contribution is 5.43. The largest absolute Gasteiger partial charge is 0.508 e. The fraction of sp³-hybridized carbons (Fsp3) is 0.619. The molecule has 1 aromatic rings. The highest BCUT2D eigenvalue weighted by atomic mass is 16.3. The Morgan fingerprint density at radius 3 is 2.78 bits per heavy atom. The summed E-state index contributed by atoms with van der Waals surface area (Å²) in [5, 5.41) is 20.5. The number of aryl methyl sites for hydroxylation is 1. The van der Waals surface area contributed by atoms with Crippen LogP contribution in [0, 0.1) is 16.7 Å². The molecule has 2 nitrogen and oxygen atoms in total. The number of hydrogen-bond donors (Lipinski definition) is 2. The van der Waals surface area contributed by atoms with Crippen LogP contribution in [0.2, 0.25) is 0 Å². The van der Waals surface area contributed by atoms with Crippen molar-refractivity contribution in [3.63, 3.8) is 0 Å². The van der Waals surface area contributed by atoms with Crippen molar-refractivity contribution in [2.24, 2.45) is 16.7 Å². The van der Waals surface area contributed by atoms with E-state index in [0.29, 0.717) is 17.6 Å². The molecule has 0 amide bonds. The van der Waals surface area contributed by atoms with Gasteiger partial charge in [-0.2, -0.15) is 0 Å². The van der Waals surface area contributed by atoms with Crippen LogP contribution < -0.4 is 0 Å². The van der Waals surface area contributed by atoms with E-state index in [1.165, 1.54) is 11.1 Å². The van der Waals surface area contributed by atoms with Crippen molar-refractivity contribution in [2.75, 3.05) is 0 Å².